The van der Waals surface area contributed by atoms with Gasteiger partial charge in [0, 0.05) is 0 Å². The zero-order valence-electron chi connectivity index (χ0n) is 12.4. The van der Waals surface area contributed by atoms with E-state index in [2.05, 4.69) is 5.32 Å². The minimum Gasteiger partial charge on any atom is -0.366 e. The Morgan fingerprint density at radius 1 is 1.12 bits per heavy atom. The van der Waals surface area contributed by atoms with Crippen LogP contribution in [0.2, 0.25) is 0 Å². The van der Waals surface area contributed by atoms with Crippen molar-refractivity contribution in [2.75, 3.05) is 5.32 Å². The summed E-state index contributed by atoms with van der Waals surface area (Å²) in [5, 5.41) is 2.22. The number of alkyl halides is 3. The Morgan fingerprint density at radius 2 is 1.79 bits per heavy atom. The van der Waals surface area contributed by atoms with Gasteiger partial charge in [0.25, 0.3) is 11.8 Å². The van der Waals surface area contributed by atoms with Crippen LogP contribution in [0.25, 0.3) is 0 Å². The predicted molar refractivity (Wildman–Crippen MR) is 79.1 cm³/mol. The maximum Gasteiger partial charge on any atom is 0.416 e. The van der Waals surface area contributed by atoms with E-state index in [0.29, 0.717) is 23.8 Å². The van der Waals surface area contributed by atoms with Crippen LogP contribution >= 0.6 is 0 Å². The van der Waals surface area contributed by atoms with Gasteiger partial charge in [-0.05, 0) is 36.8 Å². The van der Waals surface area contributed by atoms with E-state index in [1.165, 1.54) is 12.1 Å². The quantitative estimate of drug-likeness (QED) is 0.840. The highest BCUT2D eigenvalue weighted by atomic mass is 19.4. The summed E-state index contributed by atoms with van der Waals surface area (Å²) in [6.07, 6.45) is -4.72. The molecular formula is C16H12F4N2O2. The lowest BCUT2D eigenvalue weighted by Crippen LogP contribution is -2.20. The van der Waals surface area contributed by atoms with Crippen molar-refractivity contribution >= 4 is 17.5 Å². The molecule has 8 heteroatoms. The van der Waals surface area contributed by atoms with Crippen LogP contribution < -0.4 is 11.1 Å². The van der Waals surface area contributed by atoms with Gasteiger partial charge in [0.1, 0.15) is 5.82 Å². The van der Waals surface area contributed by atoms with Gasteiger partial charge in [-0.2, -0.15) is 13.2 Å². The molecule has 126 valence electrons. The number of aryl methyl sites for hydroxylation is 1. The van der Waals surface area contributed by atoms with Gasteiger partial charge >= 0.3 is 6.18 Å². The third kappa shape index (κ3) is 3.53. The molecule has 0 spiro atoms. The summed E-state index contributed by atoms with van der Waals surface area (Å²) < 4.78 is 51.8. The van der Waals surface area contributed by atoms with Gasteiger partial charge in [-0.1, -0.05) is 12.1 Å². The molecule has 0 unspecified atom stereocenters. The van der Waals surface area contributed by atoms with Crippen LogP contribution in [0.15, 0.2) is 36.4 Å². The van der Waals surface area contributed by atoms with E-state index in [1.807, 2.05) is 0 Å². The van der Waals surface area contributed by atoms with Crippen LogP contribution in [0, 0.1) is 12.7 Å². The number of hydrogen-bond acceptors (Lipinski definition) is 2. The Kier molecular flexibility index (Phi) is 4.59. The van der Waals surface area contributed by atoms with Crippen molar-refractivity contribution in [3.05, 3.63) is 64.5 Å². The Morgan fingerprint density at radius 3 is 2.38 bits per heavy atom. The largest absolute Gasteiger partial charge is 0.416 e. The molecule has 0 aliphatic heterocycles. The number of benzene rings is 2. The van der Waals surface area contributed by atoms with Gasteiger partial charge in [-0.25, -0.2) is 4.39 Å². The van der Waals surface area contributed by atoms with Gasteiger partial charge in [-0.15, -0.1) is 0 Å². The van der Waals surface area contributed by atoms with E-state index in [1.54, 1.807) is 13.0 Å². The van der Waals surface area contributed by atoms with Crippen molar-refractivity contribution in [2.45, 2.75) is 13.1 Å². The third-order valence-corrected chi connectivity index (χ3v) is 3.31. The summed E-state index contributed by atoms with van der Waals surface area (Å²) in [5.74, 6) is -3.06. The van der Waals surface area contributed by atoms with Crippen LogP contribution in [0.3, 0.4) is 0 Å². The summed E-state index contributed by atoms with van der Waals surface area (Å²) >= 11 is 0. The van der Waals surface area contributed by atoms with Gasteiger partial charge in [0.05, 0.1) is 22.4 Å². The lowest BCUT2D eigenvalue weighted by molar-refractivity contribution is -0.137. The predicted octanol–water partition coefficient (Wildman–Crippen LogP) is 3.50. The molecule has 0 aromatic heterocycles. The normalized spacial score (nSPS) is 11.2. The molecule has 0 aliphatic rings. The first kappa shape index (κ1) is 17.5. The fourth-order valence-corrected chi connectivity index (χ4v) is 2.16. The molecule has 2 aromatic carbocycles. The molecule has 0 aliphatic carbocycles. The van der Waals surface area contributed by atoms with Crippen molar-refractivity contribution in [3.8, 4) is 0 Å². The first-order valence-corrected chi connectivity index (χ1v) is 6.68. The Labute approximate surface area is 134 Å². The maximum atomic E-state index is 13.7. The average Bonchev–Trinajstić information content (AvgIpc) is 2.45. The van der Waals surface area contributed by atoms with E-state index in [4.69, 9.17) is 5.73 Å². The summed E-state index contributed by atoms with van der Waals surface area (Å²) in [6, 6.07) is 5.93. The minimum atomic E-state index is -4.72. The van der Waals surface area contributed by atoms with Gasteiger partial charge in [0.2, 0.25) is 0 Å². The number of nitrogens with two attached hydrogens (primary N) is 1. The number of nitrogens with one attached hydrogen (secondary N) is 1. The van der Waals surface area contributed by atoms with Crippen LogP contribution in [0.1, 0.15) is 31.8 Å². The number of amides is 2. The highest BCUT2D eigenvalue weighted by Gasteiger charge is 2.32. The summed E-state index contributed by atoms with van der Waals surface area (Å²) in [7, 11) is 0. The average molecular weight is 340 g/mol. The lowest BCUT2D eigenvalue weighted by Gasteiger charge is -2.13. The standard InChI is InChI=1S/C16H12F4N2O2/c1-8-3-2-4-12(13(8)14(21)23)22-15(24)10-7-9(16(18,19)20)5-6-11(10)17/h2-7H,1H3,(H2,21,23)(H,22,24). The molecule has 0 bridgehead atoms. The maximum absolute atomic E-state index is 13.7. The van der Waals surface area contributed by atoms with Gasteiger partial charge in [-0.3, -0.25) is 9.59 Å². The molecular weight excluding hydrogens is 328 g/mol. The van der Waals surface area contributed by atoms with E-state index >= 15 is 0 Å². The van der Waals surface area contributed by atoms with Gasteiger partial charge in [0.15, 0.2) is 0 Å². The SMILES string of the molecule is Cc1cccc(NC(=O)c2cc(C(F)(F)F)ccc2F)c1C(N)=O. The number of anilines is 1. The number of halogens is 4. The zero-order chi connectivity index (χ0) is 18.1. The van der Waals surface area contributed by atoms with Crippen LogP contribution in [-0.2, 0) is 6.18 Å². The summed E-state index contributed by atoms with van der Waals surface area (Å²) in [5.41, 5.74) is 3.73. The van der Waals surface area contributed by atoms with Crippen LogP contribution in [0.5, 0.6) is 0 Å². The first-order valence-electron chi connectivity index (χ1n) is 6.68. The zero-order valence-corrected chi connectivity index (χ0v) is 12.4. The molecule has 0 saturated carbocycles. The molecule has 0 fully saturated rings. The van der Waals surface area contributed by atoms with Crippen LogP contribution in [-0.4, -0.2) is 11.8 Å². The molecule has 0 atom stereocenters. The van der Waals surface area contributed by atoms with Crippen molar-refractivity contribution < 1.29 is 27.2 Å². The monoisotopic (exact) mass is 340 g/mol. The van der Waals surface area contributed by atoms with Crippen molar-refractivity contribution in [3.63, 3.8) is 0 Å². The van der Waals surface area contributed by atoms with Crippen LogP contribution in [0.4, 0.5) is 23.2 Å². The first-order chi connectivity index (χ1) is 11.1. The molecule has 24 heavy (non-hydrogen) atoms. The number of primary amides is 1. The van der Waals surface area contributed by atoms with E-state index in [-0.39, 0.29) is 11.3 Å². The second-order valence-electron chi connectivity index (χ2n) is 5.01. The van der Waals surface area contributed by atoms with Crippen molar-refractivity contribution in [2.24, 2.45) is 5.73 Å². The number of carbonyl (C=O) groups excluding carboxylic acids is 2. The topological polar surface area (TPSA) is 72.2 Å². The number of carbonyl (C=O) groups is 2. The van der Waals surface area contributed by atoms with Crippen molar-refractivity contribution in [1.82, 2.24) is 0 Å². The molecule has 2 rings (SSSR count). The van der Waals surface area contributed by atoms with Gasteiger partial charge < -0.3 is 11.1 Å². The molecule has 4 nitrogen and oxygen atoms in total. The number of rotatable bonds is 3. The molecule has 0 saturated heterocycles. The molecule has 0 radical (unpaired) electrons. The fourth-order valence-electron chi connectivity index (χ4n) is 2.16. The molecule has 3 N–H and O–H groups in total. The Hall–Kier alpha value is -2.90. The third-order valence-electron chi connectivity index (χ3n) is 3.31. The van der Waals surface area contributed by atoms with Crippen molar-refractivity contribution in [1.29, 1.82) is 0 Å². The molecule has 2 amide bonds. The van der Waals surface area contributed by atoms with E-state index < -0.39 is 34.9 Å². The lowest BCUT2D eigenvalue weighted by atomic mass is 10.0. The highest BCUT2D eigenvalue weighted by Crippen LogP contribution is 2.30. The Balaban J connectivity index is 2.42. The minimum absolute atomic E-state index is 0.00164. The second-order valence-corrected chi connectivity index (χ2v) is 5.01. The smallest absolute Gasteiger partial charge is 0.366 e. The summed E-state index contributed by atoms with van der Waals surface area (Å²) in [6.45, 7) is 1.57. The number of hydrogen-bond donors (Lipinski definition) is 2. The molecule has 2 aromatic rings. The highest BCUT2D eigenvalue weighted by molar-refractivity contribution is 6.09. The van der Waals surface area contributed by atoms with E-state index in [9.17, 15) is 27.2 Å². The fraction of sp³-hybridized carbons (Fsp3) is 0.125. The molecule has 0 heterocycles. The van der Waals surface area contributed by atoms with E-state index in [0.717, 1.165) is 0 Å². The second kappa shape index (κ2) is 6.31. The summed E-state index contributed by atoms with van der Waals surface area (Å²) in [4.78, 5) is 23.6. The Bertz CT molecular complexity index is 816.